The molecule has 3 N–H and O–H groups in total. The van der Waals surface area contributed by atoms with E-state index in [-0.39, 0.29) is 5.41 Å². The number of hydrogen-bond acceptors (Lipinski definition) is 4. The summed E-state index contributed by atoms with van der Waals surface area (Å²) in [6, 6.07) is 15.5. The van der Waals surface area contributed by atoms with Crippen molar-refractivity contribution in [3.05, 3.63) is 59.2 Å². The van der Waals surface area contributed by atoms with Gasteiger partial charge in [-0.05, 0) is 105 Å². The van der Waals surface area contributed by atoms with Crippen LogP contribution in [0.1, 0.15) is 75.0 Å². The fraction of sp³-hybridized carbons (Fsp3) is 0.586. The molecule has 1 saturated heterocycles. The summed E-state index contributed by atoms with van der Waals surface area (Å²) in [5, 5.41) is 25.1. The van der Waals surface area contributed by atoms with Crippen LogP contribution in [-0.2, 0) is 23.0 Å². The van der Waals surface area contributed by atoms with Crippen molar-refractivity contribution in [3.8, 4) is 5.75 Å². The molecule has 0 bridgehead atoms. The molecule has 0 radical (unpaired) electrons. The van der Waals surface area contributed by atoms with E-state index >= 15 is 0 Å². The zero-order chi connectivity index (χ0) is 22.9. The molecule has 2 aromatic rings. The predicted molar refractivity (Wildman–Crippen MR) is 133 cm³/mol. The van der Waals surface area contributed by atoms with Crippen LogP contribution in [0.15, 0.2) is 42.5 Å². The second-order valence-electron chi connectivity index (χ2n) is 10.8. The monoisotopic (exact) mass is 449 g/mol. The third kappa shape index (κ3) is 4.65. The summed E-state index contributed by atoms with van der Waals surface area (Å²) >= 11 is 0. The van der Waals surface area contributed by atoms with Crippen LogP contribution < -0.4 is 5.32 Å². The summed E-state index contributed by atoms with van der Waals surface area (Å²) in [6.45, 7) is 3.87. The second-order valence-corrected chi connectivity index (χ2v) is 10.8. The van der Waals surface area contributed by atoms with Gasteiger partial charge in [0.25, 0.3) is 0 Å². The SMILES string of the molecule is CCCC1(O)CC[C@@]2(Cc3ccc(NC4CCOCC4)cc3)c3ccc(O)cc3CC[C@@H]2C1. The zero-order valence-corrected chi connectivity index (χ0v) is 20.0. The molecule has 2 aliphatic carbocycles. The van der Waals surface area contributed by atoms with Gasteiger partial charge in [-0.15, -0.1) is 0 Å². The Morgan fingerprint density at radius 3 is 2.58 bits per heavy atom. The summed E-state index contributed by atoms with van der Waals surface area (Å²) in [7, 11) is 0. The van der Waals surface area contributed by atoms with Gasteiger partial charge in [0.15, 0.2) is 0 Å². The van der Waals surface area contributed by atoms with Crippen LogP contribution >= 0.6 is 0 Å². The molecule has 1 aliphatic heterocycles. The number of aromatic hydroxyl groups is 1. The van der Waals surface area contributed by atoms with E-state index in [1.165, 1.54) is 22.4 Å². The summed E-state index contributed by atoms with van der Waals surface area (Å²) in [6.07, 6.45) is 9.90. The Kier molecular flexibility index (Phi) is 6.41. The average molecular weight is 450 g/mol. The van der Waals surface area contributed by atoms with Crippen LogP contribution in [0.2, 0.25) is 0 Å². The van der Waals surface area contributed by atoms with Gasteiger partial charge in [0.05, 0.1) is 5.60 Å². The molecule has 0 spiro atoms. The first kappa shape index (κ1) is 22.7. The van der Waals surface area contributed by atoms with E-state index in [9.17, 15) is 10.2 Å². The van der Waals surface area contributed by atoms with E-state index in [1.54, 1.807) is 0 Å². The summed E-state index contributed by atoms with van der Waals surface area (Å²) in [5.74, 6) is 0.837. The van der Waals surface area contributed by atoms with Crippen molar-refractivity contribution in [1.29, 1.82) is 0 Å². The van der Waals surface area contributed by atoms with Crippen molar-refractivity contribution in [2.45, 2.75) is 88.2 Å². The number of fused-ring (bicyclic) bond motifs is 3. The molecular weight excluding hydrogens is 410 g/mol. The third-order valence-electron chi connectivity index (χ3n) is 8.61. The highest BCUT2D eigenvalue weighted by molar-refractivity contribution is 5.48. The minimum absolute atomic E-state index is 0.0386. The Bertz CT molecular complexity index is 952. The maximum atomic E-state index is 11.3. The van der Waals surface area contributed by atoms with Crippen molar-refractivity contribution >= 4 is 5.69 Å². The molecule has 178 valence electrons. The van der Waals surface area contributed by atoms with E-state index in [2.05, 4.69) is 42.6 Å². The van der Waals surface area contributed by atoms with Crippen molar-refractivity contribution < 1.29 is 14.9 Å². The molecule has 1 saturated carbocycles. The summed E-state index contributed by atoms with van der Waals surface area (Å²) < 4.78 is 5.48. The fourth-order valence-corrected chi connectivity index (χ4v) is 6.93. The van der Waals surface area contributed by atoms with Crippen molar-refractivity contribution in [1.82, 2.24) is 0 Å². The van der Waals surface area contributed by atoms with Gasteiger partial charge >= 0.3 is 0 Å². The first-order valence-electron chi connectivity index (χ1n) is 13.0. The number of phenols is 1. The molecule has 5 rings (SSSR count). The predicted octanol–water partition coefficient (Wildman–Crippen LogP) is 5.74. The second kappa shape index (κ2) is 9.31. The van der Waals surface area contributed by atoms with Gasteiger partial charge in [-0.2, -0.15) is 0 Å². The molecule has 0 amide bonds. The zero-order valence-electron chi connectivity index (χ0n) is 20.0. The van der Waals surface area contributed by atoms with E-state index in [1.807, 2.05) is 12.1 Å². The fourth-order valence-electron chi connectivity index (χ4n) is 6.93. The van der Waals surface area contributed by atoms with E-state index in [0.717, 1.165) is 77.4 Å². The smallest absolute Gasteiger partial charge is 0.115 e. The molecule has 4 nitrogen and oxygen atoms in total. The average Bonchev–Trinajstić information content (AvgIpc) is 2.81. The lowest BCUT2D eigenvalue weighted by molar-refractivity contribution is -0.0565. The number of rotatable bonds is 6. The van der Waals surface area contributed by atoms with Crippen LogP contribution in [0.3, 0.4) is 0 Å². The maximum Gasteiger partial charge on any atom is 0.115 e. The number of benzene rings is 2. The van der Waals surface area contributed by atoms with Crippen molar-refractivity contribution in [2.24, 2.45) is 5.92 Å². The molecular formula is C29H39NO3. The molecule has 1 unspecified atom stereocenters. The Hall–Kier alpha value is -2.04. The number of aliphatic hydroxyl groups is 1. The third-order valence-corrected chi connectivity index (χ3v) is 8.61. The number of phenolic OH excluding ortho intramolecular Hbond substituents is 1. The van der Waals surface area contributed by atoms with Crippen LogP contribution in [0.25, 0.3) is 0 Å². The molecule has 1 heterocycles. The van der Waals surface area contributed by atoms with E-state index in [4.69, 9.17) is 4.74 Å². The van der Waals surface area contributed by atoms with Gasteiger partial charge in [-0.3, -0.25) is 0 Å². The number of aryl methyl sites for hydroxylation is 1. The summed E-state index contributed by atoms with van der Waals surface area (Å²) in [5.41, 5.74) is 4.77. The van der Waals surface area contributed by atoms with Gasteiger partial charge in [0, 0.05) is 30.4 Å². The van der Waals surface area contributed by atoms with Crippen LogP contribution in [0.5, 0.6) is 5.75 Å². The molecule has 3 aliphatic rings. The Labute approximate surface area is 198 Å². The number of ether oxygens (including phenoxy) is 1. The lowest BCUT2D eigenvalue weighted by Gasteiger charge is -2.53. The highest BCUT2D eigenvalue weighted by Crippen LogP contribution is 2.55. The van der Waals surface area contributed by atoms with Gasteiger partial charge in [0.2, 0.25) is 0 Å². The Balaban J connectivity index is 1.41. The summed E-state index contributed by atoms with van der Waals surface area (Å²) in [4.78, 5) is 0. The van der Waals surface area contributed by atoms with Crippen molar-refractivity contribution in [2.75, 3.05) is 18.5 Å². The first-order valence-corrected chi connectivity index (χ1v) is 13.0. The molecule has 2 aromatic carbocycles. The Morgan fingerprint density at radius 1 is 1.03 bits per heavy atom. The minimum atomic E-state index is -0.519. The van der Waals surface area contributed by atoms with E-state index in [0.29, 0.717) is 17.7 Å². The highest BCUT2D eigenvalue weighted by Gasteiger charge is 2.51. The molecule has 3 atom stereocenters. The Morgan fingerprint density at radius 2 is 1.82 bits per heavy atom. The number of anilines is 1. The quantitative estimate of drug-likeness (QED) is 0.526. The van der Waals surface area contributed by atoms with Crippen molar-refractivity contribution in [3.63, 3.8) is 0 Å². The van der Waals surface area contributed by atoms with Crippen LogP contribution in [0.4, 0.5) is 5.69 Å². The first-order chi connectivity index (χ1) is 16.0. The number of nitrogens with one attached hydrogen (secondary N) is 1. The van der Waals surface area contributed by atoms with Gasteiger partial charge in [-0.25, -0.2) is 0 Å². The molecule has 33 heavy (non-hydrogen) atoms. The normalized spacial score (nSPS) is 29.8. The highest BCUT2D eigenvalue weighted by atomic mass is 16.5. The lowest BCUT2D eigenvalue weighted by Crippen LogP contribution is -2.51. The number of hydrogen-bond donors (Lipinski definition) is 3. The van der Waals surface area contributed by atoms with Gasteiger partial charge in [-0.1, -0.05) is 31.5 Å². The lowest BCUT2D eigenvalue weighted by atomic mass is 9.52. The van der Waals surface area contributed by atoms with Gasteiger partial charge < -0.3 is 20.3 Å². The maximum absolute atomic E-state index is 11.3. The largest absolute Gasteiger partial charge is 0.508 e. The standard InChI is InChI=1S/C29H39NO3/c1-2-13-28(32)14-15-29(23(20-28)6-5-22-18-26(31)9-10-27(22)29)19-21-3-7-24(8-4-21)30-25-11-16-33-17-12-25/h3-4,7-10,18,23,25,30-32H,2,5-6,11-17,19-20H2,1H3/t23-,28?,29+/m1/s1. The van der Waals surface area contributed by atoms with Gasteiger partial charge in [0.1, 0.15) is 5.75 Å². The van der Waals surface area contributed by atoms with Crippen LogP contribution in [0, 0.1) is 5.92 Å². The minimum Gasteiger partial charge on any atom is -0.508 e. The topological polar surface area (TPSA) is 61.7 Å². The van der Waals surface area contributed by atoms with E-state index < -0.39 is 5.60 Å². The molecule has 4 heteroatoms. The molecule has 2 fully saturated rings. The molecule has 0 aromatic heterocycles. The van der Waals surface area contributed by atoms with Crippen LogP contribution in [-0.4, -0.2) is 35.1 Å².